The lowest BCUT2D eigenvalue weighted by atomic mass is 9.77. The molecule has 1 atom stereocenters. The summed E-state index contributed by atoms with van der Waals surface area (Å²) >= 11 is 0. The lowest BCUT2D eigenvalue weighted by Crippen LogP contribution is -2.36. The third kappa shape index (κ3) is 6.50. The van der Waals surface area contributed by atoms with Gasteiger partial charge >= 0.3 is 6.18 Å². The smallest absolute Gasteiger partial charge is 0.416 e. The molecule has 1 aliphatic carbocycles. The number of amides is 1. The molecule has 2 aromatic carbocycles. The second kappa shape index (κ2) is 12.1. The molecular weight excluding hydrogens is 535 g/mol. The number of nitrogens with one attached hydrogen (secondary N) is 1. The number of rotatable bonds is 8. The van der Waals surface area contributed by atoms with E-state index in [1.807, 2.05) is 12.1 Å². The van der Waals surface area contributed by atoms with Gasteiger partial charge < -0.3 is 25.8 Å². The summed E-state index contributed by atoms with van der Waals surface area (Å²) in [6.07, 6.45) is -1.48. The van der Waals surface area contributed by atoms with Crippen LogP contribution in [0.1, 0.15) is 72.6 Å². The Morgan fingerprint density at radius 3 is 2.46 bits per heavy atom. The molecule has 3 aromatic rings. The zero-order valence-corrected chi connectivity index (χ0v) is 24.1. The molecular formula is C30H38F3N5O3. The number of aryl methyl sites for hydroxylation is 1. The van der Waals surface area contributed by atoms with Crippen molar-refractivity contribution in [1.29, 1.82) is 0 Å². The minimum atomic E-state index is -4.52. The standard InChI is InChI=1S/C30H38F3N5O3/c1-16-22(12-21(34)13-25(16)30(31,32)33)17(2)35-28-24-14-23(27(41-5)15-26(24)36-18(3)37-28)19-6-8-20(9-7-19)29(40)38(4)10-11-39/h12-15,17,19-20,39H,6-11,34H2,1-5H3,(H,35,36,37)/t17-,19-,20+/m1/s1. The molecule has 1 heterocycles. The first kappa shape index (κ1) is 30.4. The fourth-order valence-corrected chi connectivity index (χ4v) is 5.91. The van der Waals surface area contributed by atoms with E-state index >= 15 is 0 Å². The van der Waals surface area contributed by atoms with Gasteiger partial charge in [0.2, 0.25) is 5.91 Å². The van der Waals surface area contributed by atoms with Crippen molar-refractivity contribution in [2.75, 3.05) is 38.4 Å². The van der Waals surface area contributed by atoms with Gasteiger partial charge in [-0.1, -0.05) is 0 Å². The highest BCUT2D eigenvalue weighted by Gasteiger charge is 2.34. The first-order valence-corrected chi connectivity index (χ1v) is 13.8. The van der Waals surface area contributed by atoms with Crippen molar-refractivity contribution >= 4 is 28.3 Å². The van der Waals surface area contributed by atoms with Crippen LogP contribution >= 0.6 is 0 Å². The highest BCUT2D eigenvalue weighted by atomic mass is 19.4. The number of likely N-dealkylation sites (N-methyl/N-ethyl adjacent to an activating group) is 1. The molecule has 4 rings (SSSR count). The van der Waals surface area contributed by atoms with Crippen LogP contribution in [0, 0.1) is 19.8 Å². The highest BCUT2D eigenvalue weighted by molar-refractivity contribution is 5.91. The van der Waals surface area contributed by atoms with E-state index in [-0.39, 0.29) is 35.6 Å². The minimum absolute atomic E-state index is 0.0407. The average molecular weight is 574 g/mol. The zero-order valence-electron chi connectivity index (χ0n) is 24.1. The number of aromatic nitrogens is 2. The molecule has 222 valence electrons. The van der Waals surface area contributed by atoms with Crippen LogP contribution in [0.4, 0.5) is 24.7 Å². The lowest BCUT2D eigenvalue weighted by Gasteiger charge is -2.31. The van der Waals surface area contributed by atoms with Crippen molar-refractivity contribution in [2.45, 2.75) is 64.6 Å². The number of alkyl halides is 3. The Balaban J connectivity index is 1.66. The van der Waals surface area contributed by atoms with E-state index in [4.69, 9.17) is 10.5 Å². The Morgan fingerprint density at radius 2 is 1.85 bits per heavy atom. The molecule has 8 nitrogen and oxygen atoms in total. The molecule has 4 N–H and O–H groups in total. The molecule has 1 saturated carbocycles. The summed E-state index contributed by atoms with van der Waals surface area (Å²) in [5, 5.41) is 13.2. The van der Waals surface area contributed by atoms with Gasteiger partial charge in [-0.25, -0.2) is 9.97 Å². The summed E-state index contributed by atoms with van der Waals surface area (Å²) in [4.78, 5) is 23.5. The number of aliphatic hydroxyl groups is 1. The molecule has 0 saturated heterocycles. The van der Waals surface area contributed by atoms with E-state index in [0.717, 1.165) is 42.7 Å². The minimum Gasteiger partial charge on any atom is -0.496 e. The van der Waals surface area contributed by atoms with Gasteiger partial charge in [0.25, 0.3) is 0 Å². The van der Waals surface area contributed by atoms with Crippen molar-refractivity contribution in [3.63, 3.8) is 0 Å². The van der Waals surface area contributed by atoms with Crippen LogP contribution in [0.5, 0.6) is 5.75 Å². The first-order valence-electron chi connectivity index (χ1n) is 13.8. The maximum atomic E-state index is 13.7. The number of halogens is 3. The second-order valence-electron chi connectivity index (χ2n) is 10.9. The monoisotopic (exact) mass is 573 g/mol. The summed E-state index contributed by atoms with van der Waals surface area (Å²) < 4.78 is 46.7. The number of nitrogens with zero attached hydrogens (tertiary/aromatic N) is 3. The number of benzene rings is 2. The number of carbonyl (C=O) groups is 1. The van der Waals surface area contributed by atoms with E-state index in [1.165, 1.54) is 6.92 Å². The number of nitrogens with two attached hydrogens (primary N) is 1. The Morgan fingerprint density at radius 1 is 1.17 bits per heavy atom. The molecule has 11 heteroatoms. The van der Waals surface area contributed by atoms with Gasteiger partial charge in [0, 0.05) is 36.7 Å². The number of anilines is 2. The van der Waals surface area contributed by atoms with Gasteiger partial charge in [-0.05, 0) is 87.3 Å². The van der Waals surface area contributed by atoms with Crippen molar-refractivity contribution in [2.24, 2.45) is 5.92 Å². The normalized spacial score (nSPS) is 18.3. The average Bonchev–Trinajstić information content (AvgIpc) is 2.92. The number of hydrogen-bond acceptors (Lipinski definition) is 7. The van der Waals surface area contributed by atoms with Crippen LogP contribution in [0.15, 0.2) is 24.3 Å². The van der Waals surface area contributed by atoms with Gasteiger partial charge in [-0.15, -0.1) is 0 Å². The third-order valence-corrected chi connectivity index (χ3v) is 8.08. The molecule has 0 spiro atoms. The summed E-state index contributed by atoms with van der Waals surface area (Å²) in [5.41, 5.74) is 7.33. The first-order chi connectivity index (χ1) is 19.3. The number of carbonyl (C=O) groups excluding carboxylic acids is 1. The topological polar surface area (TPSA) is 114 Å². The molecule has 1 fully saturated rings. The molecule has 0 unspecified atom stereocenters. The van der Waals surface area contributed by atoms with Gasteiger partial charge in [-0.3, -0.25) is 4.79 Å². The van der Waals surface area contributed by atoms with E-state index in [9.17, 15) is 23.1 Å². The van der Waals surface area contributed by atoms with E-state index in [2.05, 4.69) is 15.3 Å². The van der Waals surface area contributed by atoms with Gasteiger partial charge in [0.1, 0.15) is 17.4 Å². The molecule has 1 amide bonds. The predicted molar refractivity (Wildman–Crippen MR) is 153 cm³/mol. The molecule has 0 bridgehead atoms. The van der Waals surface area contributed by atoms with Crippen LogP contribution in [0.3, 0.4) is 0 Å². The number of aliphatic hydroxyl groups excluding tert-OH is 1. The van der Waals surface area contributed by atoms with Gasteiger partial charge in [0.05, 0.1) is 30.8 Å². The number of ether oxygens (including phenoxy) is 1. The molecule has 0 radical (unpaired) electrons. The van der Waals surface area contributed by atoms with Crippen LogP contribution in [-0.4, -0.2) is 53.2 Å². The summed E-state index contributed by atoms with van der Waals surface area (Å²) in [6.45, 7) is 5.24. The maximum absolute atomic E-state index is 13.7. The third-order valence-electron chi connectivity index (χ3n) is 8.08. The van der Waals surface area contributed by atoms with Crippen LogP contribution in [0.25, 0.3) is 10.9 Å². The Bertz CT molecular complexity index is 1420. The van der Waals surface area contributed by atoms with Crippen molar-refractivity contribution in [3.8, 4) is 5.75 Å². The zero-order chi connectivity index (χ0) is 30.1. The number of fused-ring (bicyclic) bond motifs is 1. The maximum Gasteiger partial charge on any atom is 0.416 e. The lowest BCUT2D eigenvalue weighted by molar-refractivity contribution is -0.138. The number of nitrogen functional groups attached to an aromatic ring is 1. The number of methoxy groups -OCH3 is 1. The fourth-order valence-electron chi connectivity index (χ4n) is 5.91. The quantitative estimate of drug-likeness (QED) is 0.294. The Labute approximate surface area is 238 Å². The van der Waals surface area contributed by atoms with Crippen molar-refractivity contribution < 1.29 is 27.8 Å². The van der Waals surface area contributed by atoms with Crippen LogP contribution < -0.4 is 15.8 Å². The Hall–Kier alpha value is -3.60. The highest BCUT2D eigenvalue weighted by Crippen LogP contribution is 2.43. The van der Waals surface area contributed by atoms with E-state index < -0.39 is 17.8 Å². The second-order valence-corrected chi connectivity index (χ2v) is 10.9. The molecule has 41 heavy (non-hydrogen) atoms. The molecule has 1 aromatic heterocycles. The van der Waals surface area contributed by atoms with E-state index in [1.54, 1.807) is 39.0 Å². The van der Waals surface area contributed by atoms with Gasteiger partial charge in [0.15, 0.2) is 0 Å². The summed E-state index contributed by atoms with van der Waals surface area (Å²) in [6, 6.07) is 5.86. The predicted octanol–water partition coefficient (Wildman–Crippen LogP) is 5.75. The molecule has 0 aliphatic heterocycles. The largest absolute Gasteiger partial charge is 0.496 e. The fraction of sp³-hybridized carbons (Fsp3) is 0.500. The van der Waals surface area contributed by atoms with Gasteiger partial charge in [-0.2, -0.15) is 13.2 Å². The van der Waals surface area contributed by atoms with Crippen molar-refractivity contribution in [1.82, 2.24) is 14.9 Å². The summed E-state index contributed by atoms with van der Waals surface area (Å²) in [7, 11) is 3.32. The number of hydrogen-bond donors (Lipinski definition) is 3. The van der Waals surface area contributed by atoms with Crippen LogP contribution in [0.2, 0.25) is 0 Å². The molecule has 1 aliphatic rings. The Kier molecular flexibility index (Phi) is 8.96. The summed E-state index contributed by atoms with van der Waals surface area (Å²) in [5.74, 6) is 1.84. The van der Waals surface area contributed by atoms with Crippen LogP contribution in [-0.2, 0) is 11.0 Å². The van der Waals surface area contributed by atoms with E-state index in [0.29, 0.717) is 35.0 Å². The van der Waals surface area contributed by atoms with Crippen molar-refractivity contribution in [3.05, 3.63) is 52.3 Å². The SMILES string of the molecule is COc1cc2nc(C)nc(N[C@H](C)c3cc(N)cc(C(F)(F)F)c3C)c2cc1[C@H]1CC[C@@H](C(=O)N(C)CCO)CC1.